The molecule has 0 bridgehead atoms. The molecule has 302 valence electrons. The molecule has 0 radical (unpaired) electrons. The molecule has 5 aromatic heterocycles. The number of benzene rings is 10. The number of hydrogen-bond acceptors (Lipinski definition) is 3. The van der Waals surface area contributed by atoms with Crippen molar-refractivity contribution in [1.82, 2.24) is 9.13 Å². The first kappa shape index (κ1) is 35.1. The summed E-state index contributed by atoms with van der Waals surface area (Å²) in [7, 11) is 0. The average Bonchev–Trinajstić information content (AvgIpc) is 4.18. The van der Waals surface area contributed by atoms with Crippen molar-refractivity contribution in [3.63, 3.8) is 0 Å². The topological polar surface area (TPSA) is 36.1 Å². The van der Waals surface area contributed by atoms with Crippen LogP contribution in [-0.2, 0) is 0 Å². The molecule has 0 N–H and O–H groups in total. The van der Waals surface area contributed by atoms with Gasteiger partial charge in [-0.3, -0.25) is 0 Å². The Hall–Kier alpha value is -8.38. The third-order valence-corrected chi connectivity index (χ3v) is 15.0. The van der Waals surface area contributed by atoms with E-state index >= 15 is 0 Å². The van der Waals surface area contributed by atoms with Gasteiger partial charge in [0.15, 0.2) is 0 Å². The van der Waals surface area contributed by atoms with Crippen molar-refractivity contribution in [2.75, 3.05) is 0 Å². The molecule has 0 spiro atoms. The molecule has 0 aliphatic heterocycles. The predicted molar refractivity (Wildman–Crippen MR) is 273 cm³/mol. The zero-order chi connectivity index (χ0) is 42.3. The molecule has 65 heavy (non-hydrogen) atoms. The summed E-state index contributed by atoms with van der Waals surface area (Å²) in [6.07, 6.45) is 0. The molecule has 0 aliphatic carbocycles. The van der Waals surface area contributed by atoms with Crippen LogP contribution in [0.15, 0.2) is 215 Å². The van der Waals surface area contributed by atoms with Gasteiger partial charge in [0, 0.05) is 76.4 Å². The molecule has 10 aromatic carbocycles. The molecule has 0 aliphatic rings. The first-order valence-electron chi connectivity index (χ1n) is 22.1. The molecule has 15 aromatic rings. The molecular formula is C60H34N2O2S. The van der Waals surface area contributed by atoms with E-state index in [9.17, 15) is 0 Å². The third-order valence-electron chi connectivity index (χ3n) is 13.8. The maximum atomic E-state index is 6.46. The molecule has 4 nitrogen and oxygen atoms in total. The van der Waals surface area contributed by atoms with E-state index in [4.69, 9.17) is 8.83 Å². The van der Waals surface area contributed by atoms with E-state index in [2.05, 4.69) is 191 Å². The highest BCUT2D eigenvalue weighted by Gasteiger charge is 2.22. The van der Waals surface area contributed by atoms with Crippen LogP contribution < -0.4 is 0 Å². The molecule has 0 saturated carbocycles. The SMILES string of the molecule is c1ccc2c(c1)oc1c(-c3ccc(-n4c5ccccc5c5ccc6c7ccc8c9ccccc9n(-c9ccc(-c%10cccc%11c%10oc%10ccccc%10%11)cc9)c8c7sc6c54)cc3)cccc12. The number of aromatic nitrogens is 2. The summed E-state index contributed by atoms with van der Waals surface area (Å²) in [5.74, 6) is 0. The van der Waals surface area contributed by atoms with Crippen LogP contribution in [0.5, 0.6) is 0 Å². The van der Waals surface area contributed by atoms with Crippen LogP contribution >= 0.6 is 11.3 Å². The lowest BCUT2D eigenvalue weighted by atomic mass is 10.0. The molecule has 5 heteroatoms. The van der Waals surface area contributed by atoms with Crippen LogP contribution in [0.4, 0.5) is 0 Å². The second-order valence-electron chi connectivity index (χ2n) is 17.1. The van der Waals surface area contributed by atoms with Gasteiger partial charge in [0.1, 0.15) is 22.3 Å². The lowest BCUT2D eigenvalue weighted by Crippen LogP contribution is -1.94. The van der Waals surface area contributed by atoms with Crippen molar-refractivity contribution >= 4 is 119 Å². The van der Waals surface area contributed by atoms with E-state index in [0.717, 1.165) is 77.5 Å². The van der Waals surface area contributed by atoms with E-state index < -0.39 is 0 Å². The minimum atomic E-state index is 0.910. The molecule has 15 rings (SSSR count). The van der Waals surface area contributed by atoms with Crippen LogP contribution in [0.25, 0.3) is 141 Å². The van der Waals surface area contributed by atoms with Crippen LogP contribution in [-0.4, -0.2) is 9.13 Å². The van der Waals surface area contributed by atoms with E-state index in [1.807, 2.05) is 35.6 Å². The Balaban J connectivity index is 0.929. The van der Waals surface area contributed by atoms with Gasteiger partial charge in [-0.05, 0) is 59.7 Å². The van der Waals surface area contributed by atoms with Gasteiger partial charge in [0.05, 0.1) is 31.5 Å². The van der Waals surface area contributed by atoms with Crippen LogP contribution in [0.3, 0.4) is 0 Å². The lowest BCUT2D eigenvalue weighted by Gasteiger charge is -2.10. The minimum absolute atomic E-state index is 0.910. The first-order chi connectivity index (χ1) is 32.2. The number of thiophene rings is 1. The normalized spacial score (nSPS) is 12.3. The van der Waals surface area contributed by atoms with Gasteiger partial charge >= 0.3 is 0 Å². The van der Waals surface area contributed by atoms with Crippen LogP contribution in [0, 0.1) is 0 Å². The second-order valence-corrected chi connectivity index (χ2v) is 18.2. The summed E-state index contributed by atoms with van der Waals surface area (Å²) in [6, 6.07) is 74.5. The van der Waals surface area contributed by atoms with Crippen molar-refractivity contribution < 1.29 is 8.83 Å². The largest absolute Gasteiger partial charge is 0.455 e. The van der Waals surface area contributed by atoms with Crippen molar-refractivity contribution in [1.29, 1.82) is 0 Å². The molecule has 0 fully saturated rings. The highest BCUT2D eigenvalue weighted by Crippen LogP contribution is 2.48. The first-order valence-corrected chi connectivity index (χ1v) is 22.9. The standard InChI is InChI=1S/C60H34N2O2S/c1-5-19-51-41(11-1)45-31-33-49-50-34-32-46-42-12-2-6-20-52(42)62(38-29-25-36(26-30-38)40-16-10-18-48-44-14-4-8-22-54(44)64-58(40)48)56(46)60(50)65-59(49)55(45)61(51)37-27-23-35(24-28-37)39-15-9-17-47-43-13-3-7-21-53(43)63-57(39)47/h1-34H. The van der Waals surface area contributed by atoms with E-state index in [0.29, 0.717) is 0 Å². The Kier molecular flexibility index (Phi) is 7.07. The molecule has 0 unspecified atom stereocenters. The number of nitrogens with zero attached hydrogens (tertiary/aromatic N) is 2. The summed E-state index contributed by atoms with van der Waals surface area (Å²) in [4.78, 5) is 0. The highest BCUT2D eigenvalue weighted by molar-refractivity contribution is 7.27. The quantitative estimate of drug-likeness (QED) is 0.177. The maximum absolute atomic E-state index is 6.46. The van der Waals surface area contributed by atoms with E-state index in [1.165, 1.54) is 63.8 Å². The fourth-order valence-corrected chi connectivity index (χ4v) is 12.2. The lowest BCUT2D eigenvalue weighted by molar-refractivity contribution is 0.669. The number of fused-ring (bicyclic) bond motifs is 17. The summed E-state index contributed by atoms with van der Waals surface area (Å²) in [6.45, 7) is 0. The zero-order valence-electron chi connectivity index (χ0n) is 34.7. The summed E-state index contributed by atoms with van der Waals surface area (Å²) < 4.78 is 20.4. The van der Waals surface area contributed by atoms with Gasteiger partial charge < -0.3 is 18.0 Å². The molecule has 0 amide bonds. The van der Waals surface area contributed by atoms with Crippen molar-refractivity contribution in [2.45, 2.75) is 0 Å². The molecule has 0 saturated heterocycles. The Morgan fingerprint density at radius 3 is 1.14 bits per heavy atom. The van der Waals surface area contributed by atoms with Crippen molar-refractivity contribution in [3.8, 4) is 33.6 Å². The summed E-state index contributed by atoms with van der Waals surface area (Å²) >= 11 is 1.91. The van der Waals surface area contributed by atoms with Gasteiger partial charge in [-0.2, -0.15) is 0 Å². The van der Waals surface area contributed by atoms with Gasteiger partial charge in [-0.15, -0.1) is 11.3 Å². The Morgan fingerprint density at radius 2 is 0.677 bits per heavy atom. The Morgan fingerprint density at radius 1 is 0.292 bits per heavy atom. The van der Waals surface area contributed by atoms with Gasteiger partial charge in [0.25, 0.3) is 0 Å². The van der Waals surface area contributed by atoms with E-state index in [-0.39, 0.29) is 0 Å². The summed E-state index contributed by atoms with van der Waals surface area (Å²) in [5.41, 5.74) is 15.2. The van der Waals surface area contributed by atoms with Gasteiger partial charge in [-0.25, -0.2) is 0 Å². The fourth-order valence-electron chi connectivity index (χ4n) is 10.9. The van der Waals surface area contributed by atoms with Gasteiger partial charge in [-0.1, -0.05) is 158 Å². The Labute approximate surface area is 375 Å². The fraction of sp³-hybridized carbons (Fsp3) is 0. The number of para-hydroxylation sites is 6. The highest BCUT2D eigenvalue weighted by atomic mass is 32.1. The monoisotopic (exact) mass is 846 g/mol. The third kappa shape index (κ3) is 4.85. The number of furan rings is 2. The zero-order valence-corrected chi connectivity index (χ0v) is 35.6. The van der Waals surface area contributed by atoms with E-state index in [1.54, 1.807) is 0 Å². The van der Waals surface area contributed by atoms with Gasteiger partial charge in [0.2, 0.25) is 0 Å². The number of rotatable bonds is 4. The molecular weight excluding hydrogens is 813 g/mol. The van der Waals surface area contributed by atoms with Crippen LogP contribution in [0.2, 0.25) is 0 Å². The predicted octanol–water partition coefficient (Wildman–Crippen LogP) is 17.4. The molecule has 0 atom stereocenters. The van der Waals surface area contributed by atoms with Crippen molar-refractivity contribution in [2.24, 2.45) is 0 Å². The van der Waals surface area contributed by atoms with Crippen LogP contribution in [0.1, 0.15) is 0 Å². The number of hydrogen-bond donors (Lipinski definition) is 0. The maximum Gasteiger partial charge on any atom is 0.143 e. The average molecular weight is 847 g/mol. The summed E-state index contributed by atoms with van der Waals surface area (Å²) in [5, 5.41) is 12.1. The van der Waals surface area contributed by atoms with Crippen molar-refractivity contribution in [3.05, 3.63) is 206 Å². The minimum Gasteiger partial charge on any atom is -0.455 e. The second kappa shape index (κ2) is 13.1. The smallest absolute Gasteiger partial charge is 0.143 e. The Bertz CT molecular complexity index is 4180. The molecule has 5 heterocycles.